The van der Waals surface area contributed by atoms with Crippen LogP contribution in [0.2, 0.25) is 0 Å². The van der Waals surface area contributed by atoms with Crippen LogP contribution in [0.25, 0.3) is 16.9 Å². The molecule has 6 nitrogen and oxygen atoms in total. The molecule has 2 N–H and O–H groups in total. The van der Waals surface area contributed by atoms with Crippen LogP contribution in [0.3, 0.4) is 0 Å². The Labute approximate surface area is 164 Å². The molecule has 148 valence electrons. The number of benzene rings is 1. The number of H-pyrrole nitrogens is 1. The smallest absolute Gasteiger partial charge is 0.263 e. The highest BCUT2D eigenvalue weighted by Crippen LogP contribution is 2.30. The topological polar surface area (TPSA) is 79.6 Å². The van der Waals surface area contributed by atoms with Crippen LogP contribution in [-0.2, 0) is 0 Å². The first-order chi connectivity index (χ1) is 13.7. The zero-order valence-corrected chi connectivity index (χ0v) is 16.0. The molecule has 2 fully saturated rings. The van der Waals surface area contributed by atoms with E-state index in [4.69, 9.17) is 9.84 Å². The molecule has 0 saturated heterocycles. The minimum Gasteiger partial charge on any atom is -0.493 e. The van der Waals surface area contributed by atoms with E-state index in [0.717, 1.165) is 42.4 Å². The summed E-state index contributed by atoms with van der Waals surface area (Å²) in [5.74, 6) is 1.58. The summed E-state index contributed by atoms with van der Waals surface area (Å²) in [6.45, 7) is 0.785. The first-order valence-corrected chi connectivity index (χ1v) is 10.2. The number of aliphatic hydroxyl groups is 1. The summed E-state index contributed by atoms with van der Waals surface area (Å²) in [4.78, 5) is 15.8. The van der Waals surface area contributed by atoms with Crippen LogP contribution in [0.1, 0.15) is 44.9 Å². The van der Waals surface area contributed by atoms with Crippen molar-refractivity contribution in [1.29, 1.82) is 0 Å². The van der Waals surface area contributed by atoms with Gasteiger partial charge >= 0.3 is 0 Å². The van der Waals surface area contributed by atoms with Crippen molar-refractivity contribution >= 4 is 5.65 Å². The van der Waals surface area contributed by atoms with E-state index in [9.17, 15) is 4.79 Å². The second-order valence-corrected chi connectivity index (χ2v) is 7.72. The van der Waals surface area contributed by atoms with E-state index in [2.05, 4.69) is 10.1 Å². The van der Waals surface area contributed by atoms with Gasteiger partial charge in [-0.15, -0.1) is 0 Å². The van der Waals surface area contributed by atoms with Crippen molar-refractivity contribution in [3.8, 4) is 17.0 Å². The van der Waals surface area contributed by atoms with Crippen LogP contribution >= 0.6 is 0 Å². The summed E-state index contributed by atoms with van der Waals surface area (Å²) in [6.07, 6.45) is 10.2. The number of rotatable bonds is 4. The minimum atomic E-state index is -0.150. The van der Waals surface area contributed by atoms with E-state index in [1.807, 2.05) is 24.3 Å². The fraction of sp³-hybridized carbons (Fsp3) is 0.455. The Morgan fingerprint density at radius 3 is 2.64 bits per heavy atom. The number of aliphatic hydroxyl groups excluding tert-OH is 1. The molecule has 28 heavy (non-hydrogen) atoms. The van der Waals surface area contributed by atoms with E-state index in [1.165, 1.54) is 38.2 Å². The van der Waals surface area contributed by atoms with Gasteiger partial charge in [-0.25, -0.2) is 9.50 Å². The van der Waals surface area contributed by atoms with Gasteiger partial charge in [-0.2, -0.15) is 0 Å². The molecule has 0 bridgehead atoms. The van der Waals surface area contributed by atoms with Gasteiger partial charge in [0.2, 0.25) is 0 Å². The van der Waals surface area contributed by atoms with Gasteiger partial charge in [0.05, 0.1) is 24.6 Å². The largest absolute Gasteiger partial charge is 0.493 e. The third-order valence-corrected chi connectivity index (χ3v) is 5.28. The molecule has 0 radical (unpaired) electrons. The number of aromatic amines is 1. The summed E-state index contributed by atoms with van der Waals surface area (Å²) < 4.78 is 7.50. The number of nitrogens with one attached hydrogen (secondary N) is 1. The molecule has 0 amide bonds. The average molecular weight is 381 g/mol. The molecule has 2 heterocycles. The number of nitrogens with zero attached hydrogens (tertiary/aromatic N) is 2. The predicted octanol–water partition coefficient (Wildman–Crippen LogP) is 3.79. The van der Waals surface area contributed by atoms with Gasteiger partial charge in [0.1, 0.15) is 5.75 Å². The maximum atomic E-state index is 11.5. The lowest BCUT2D eigenvalue weighted by atomic mass is 9.98. The van der Waals surface area contributed by atoms with Crippen LogP contribution in [0.4, 0.5) is 0 Å². The normalized spacial score (nSPS) is 17.2. The van der Waals surface area contributed by atoms with Crippen molar-refractivity contribution in [2.24, 2.45) is 5.92 Å². The minimum absolute atomic E-state index is 0.0359. The maximum absolute atomic E-state index is 11.5. The molecule has 0 unspecified atom stereocenters. The van der Waals surface area contributed by atoms with Gasteiger partial charge in [0.25, 0.3) is 5.56 Å². The van der Waals surface area contributed by atoms with E-state index in [1.54, 1.807) is 16.8 Å². The van der Waals surface area contributed by atoms with E-state index >= 15 is 0 Å². The zero-order valence-electron chi connectivity index (χ0n) is 16.0. The Hall–Kier alpha value is -2.60. The van der Waals surface area contributed by atoms with Gasteiger partial charge in [-0.05, 0) is 49.8 Å². The van der Waals surface area contributed by atoms with Crippen LogP contribution in [0.15, 0.2) is 47.4 Å². The second kappa shape index (κ2) is 8.61. The van der Waals surface area contributed by atoms with Crippen molar-refractivity contribution in [2.75, 3.05) is 6.61 Å². The number of imidazole rings is 1. The van der Waals surface area contributed by atoms with Crippen molar-refractivity contribution < 1.29 is 9.84 Å². The monoisotopic (exact) mass is 381 g/mol. The molecule has 2 aliphatic rings. The van der Waals surface area contributed by atoms with Gasteiger partial charge < -0.3 is 9.84 Å². The Kier molecular flexibility index (Phi) is 5.76. The molecule has 2 aromatic heterocycles. The summed E-state index contributed by atoms with van der Waals surface area (Å²) in [5.41, 5.74) is 2.38. The number of aromatic nitrogens is 3. The lowest BCUT2D eigenvalue weighted by molar-refractivity contribution is 0.130. The van der Waals surface area contributed by atoms with Crippen molar-refractivity contribution in [3.05, 3.63) is 52.9 Å². The van der Waals surface area contributed by atoms with Crippen LogP contribution in [0, 0.1) is 5.92 Å². The quantitative estimate of drug-likeness (QED) is 0.721. The maximum Gasteiger partial charge on any atom is 0.263 e. The Balaban J connectivity index is 0.000000233. The fourth-order valence-corrected chi connectivity index (χ4v) is 3.43. The predicted molar refractivity (Wildman–Crippen MR) is 109 cm³/mol. The number of hydrogen-bond donors (Lipinski definition) is 2. The van der Waals surface area contributed by atoms with E-state index in [0.29, 0.717) is 5.65 Å². The summed E-state index contributed by atoms with van der Waals surface area (Å²) >= 11 is 0. The summed E-state index contributed by atoms with van der Waals surface area (Å²) in [6, 6.07) is 11.1. The first kappa shape index (κ1) is 18.7. The Morgan fingerprint density at radius 2 is 1.93 bits per heavy atom. The van der Waals surface area contributed by atoms with Crippen LogP contribution < -0.4 is 10.3 Å². The molecule has 1 aromatic carbocycles. The Morgan fingerprint density at radius 1 is 1.11 bits per heavy atom. The fourth-order valence-electron chi connectivity index (χ4n) is 3.43. The van der Waals surface area contributed by atoms with Crippen LogP contribution in [0.5, 0.6) is 5.75 Å². The number of ether oxygens (including phenoxy) is 1. The summed E-state index contributed by atoms with van der Waals surface area (Å²) in [5, 5.41) is 11.7. The Bertz CT molecular complexity index is 968. The molecule has 2 saturated carbocycles. The van der Waals surface area contributed by atoms with E-state index in [-0.39, 0.29) is 11.7 Å². The SMILES string of the molecule is O=c1ccc2ncc(-c3cccc(OCC4CC4)c3)n2[nH]1.OC1CCCCC1. The van der Waals surface area contributed by atoms with Crippen molar-refractivity contribution in [2.45, 2.75) is 51.0 Å². The van der Waals surface area contributed by atoms with Crippen LogP contribution in [-0.4, -0.2) is 32.4 Å². The molecule has 0 aliphatic heterocycles. The number of hydrogen-bond acceptors (Lipinski definition) is 4. The molecule has 5 rings (SSSR count). The molecule has 3 aromatic rings. The second-order valence-electron chi connectivity index (χ2n) is 7.72. The highest BCUT2D eigenvalue weighted by molar-refractivity contribution is 5.64. The van der Waals surface area contributed by atoms with E-state index < -0.39 is 0 Å². The molecule has 0 atom stereocenters. The standard InChI is InChI=1S/C16H15N3O2.C6H12O/c20-16-7-6-15-17-9-14(19(15)18-16)12-2-1-3-13(8-12)21-10-11-4-5-11;7-6-4-2-1-3-5-6/h1-3,6-9,11H,4-5,10H2,(H,18,20);6-7H,1-5H2. The highest BCUT2D eigenvalue weighted by Gasteiger charge is 2.22. The summed E-state index contributed by atoms with van der Waals surface area (Å²) in [7, 11) is 0. The average Bonchev–Trinajstić information content (AvgIpc) is 3.46. The lowest BCUT2D eigenvalue weighted by Crippen LogP contribution is -2.09. The molecule has 0 spiro atoms. The van der Waals surface area contributed by atoms with Gasteiger partial charge in [0, 0.05) is 11.6 Å². The lowest BCUT2D eigenvalue weighted by Gasteiger charge is -2.14. The third kappa shape index (κ3) is 4.81. The zero-order chi connectivity index (χ0) is 19.3. The first-order valence-electron chi connectivity index (χ1n) is 10.2. The highest BCUT2D eigenvalue weighted by atomic mass is 16.5. The molecule has 2 aliphatic carbocycles. The third-order valence-electron chi connectivity index (χ3n) is 5.28. The number of fused-ring (bicyclic) bond motifs is 1. The van der Waals surface area contributed by atoms with Gasteiger partial charge in [-0.1, -0.05) is 31.4 Å². The molecule has 6 heteroatoms. The van der Waals surface area contributed by atoms with Crippen molar-refractivity contribution in [3.63, 3.8) is 0 Å². The molecular formula is C22H27N3O3. The molecular weight excluding hydrogens is 354 g/mol. The van der Waals surface area contributed by atoms with Gasteiger partial charge in [-0.3, -0.25) is 9.89 Å². The van der Waals surface area contributed by atoms with Crippen molar-refractivity contribution in [1.82, 2.24) is 14.6 Å². The van der Waals surface area contributed by atoms with Gasteiger partial charge in [0.15, 0.2) is 5.65 Å².